The first-order valence-electron chi connectivity index (χ1n) is 9.94. The first-order valence-corrected chi connectivity index (χ1v) is 9.94. The van der Waals surface area contributed by atoms with Crippen LogP contribution in [0.2, 0.25) is 0 Å². The van der Waals surface area contributed by atoms with Crippen LogP contribution >= 0.6 is 0 Å². The van der Waals surface area contributed by atoms with E-state index in [1.807, 2.05) is 6.07 Å². The molecule has 0 bridgehead atoms. The van der Waals surface area contributed by atoms with E-state index in [1.165, 1.54) is 11.9 Å². The van der Waals surface area contributed by atoms with Gasteiger partial charge in [0.15, 0.2) is 0 Å². The van der Waals surface area contributed by atoms with Crippen LogP contribution < -0.4 is 10.6 Å². The average molecular weight is 357 g/mol. The molecule has 5 nitrogen and oxygen atoms in total. The molecule has 1 aliphatic heterocycles. The second kappa shape index (κ2) is 8.58. The van der Waals surface area contributed by atoms with Crippen LogP contribution in [0.5, 0.6) is 0 Å². The summed E-state index contributed by atoms with van der Waals surface area (Å²) >= 11 is 0. The van der Waals surface area contributed by atoms with Crippen LogP contribution in [-0.4, -0.2) is 41.2 Å². The van der Waals surface area contributed by atoms with E-state index in [9.17, 15) is 4.79 Å². The molecule has 0 saturated carbocycles. The van der Waals surface area contributed by atoms with Crippen LogP contribution in [-0.2, 0) is 6.54 Å². The van der Waals surface area contributed by atoms with Gasteiger partial charge in [0, 0.05) is 48.5 Å². The van der Waals surface area contributed by atoms with Gasteiger partial charge in [-0.2, -0.15) is 0 Å². The van der Waals surface area contributed by atoms with Crippen LogP contribution in [0.25, 0.3) is 10.9 Å². The van der Waals surface area contributed by atoms with Crippen molar-refractivity contribution in [2.75, 3.05) is 25.0 Å². The molecule has 0 spiro atoms. The van der Waals surface area contributed by atoms with Gasteiger partial charge in [0.25, 0.3) is 0 Å². The standard InChI is InChI=1S/C21H32N4O/c1-4-10-24-11-8-18(9-12-24)22-21(26)23-19-5-6-20-17(14-19)7-13-25(20)15-16(2)3/h5-7,13-14,16,18H,4,8-12,15H2,1-3H3,(H2,22,23,26). The molecule has 0 radical (unpaired) electrons. The molecule has 2 amide bonds. The van der Waals surface area contributed by atoms with Crippen LogP contribution in [0.15, 0.2) is 30.5 Å². The Labute approximate surface area is 156 Å². The third-order valence-corrected chi connectivity index (χ3v) is 5.05. The molecule has 2 aromatic rings. The number of carbonyl (C=O) groups excluding carboxylic acids is 1. The predicted molar refractivity (Wildman–Crippen MR) is 109 cm³/mol. The minimum Gasteiger partial charge on any atom is -0.347 e. The summed E-state index contributed by atoms with van der Waals surface area (Å²) in [6, 6.07) is 8.43. The molecule has 0 aliphatic carbocycles. The van der Waals surface area contributed by atoms with Crippen LogP contribution in [0, 0.1) is 5.92 Å². The van der Waals surface area contributed by atoms with Gasteiger partial charge in [-0.25, -0.2) is 4.79 Å². The van der Waals surface area contributed by atoms with Gasteiger partial charge in [-0.3, -0.25) is 0 Å². The summed E-state index contributed by atoms with van der Waals surface area (Å²) < 4.78 is 2.27. The molecule has 1 saturated heterocycles. The number of urea groups is 1. The molecule has 2 N–H and O–H groups in total. The molecule has 3 rings (SSSR count). The van der Waals surface area contributed by atoms with Crippen molar-refractivity contribution >= 4 is 22.6 Å². The van der Waals surface area contributed by atoms with Gasteiger partial charge >= 0.3 is 6.03 Å². The van der Waals surface area contributed by atoms with Crippen LogP contribution in [0.3, 0.4) is 0 Å². The summed E-state index contributed by atoms with van der Waals surface area (Å²) in [5.74, 6) is 0.609. The highest BCUT2D eigenvalue weighted by Crippen LogP contribution is 2.21. The van der Waals surface area contributed by atoms with Crippen molar-refractivity contribution < 1.29 is 4.79 Å². The summed E-state index contributed by atoms with van der Waals surface area (Å²) in [7, 11) is 0. The molecule has 1 aliphatic rings. The lowest BCUT2D eigenvalue weighted by molar-refractivity contribution is 0.196. The maximum atomic E-state index is 12.3. The summed E-state index contributed by atoms with van der Waals surface area (Å²) in [6.07, 6.45) is 5.38. The molecule has 1 aromatic carbocycles. The number of amides is 2. The van der Waals surface area contributed by atoms with Crippen molar-refractivity contribution in [3.63, 3.8) is 0 Å². The van der Waals surface area contributed by atoms with Gasteiger partial charge in [-0.05, 0) is 56.0 Å². The second-order valence-corrected chi connectivity index (χ2v) is 7.85. The fourth-order valence-electron chi connectivity index (χ4n) is 3.80. The number of carbonyl (C=O) groups is 1. The normalized spacial score (nSPS) is 16.3. The van der Waals surface area contributed by atoms with Crippen molar-refractivity contribution in [1.82, 2.24) is 14.8 Å². The highest BCUT2D eigenvalue weighted by molar-refractivity contribution is 5.93. The maximum absolute atomic E-state index is 12.3. The Morgan fingerprint density at radius 1 is 1.23 bits per heavy atom. The van der Waals surface area contributed by atoms with E-state index in [4.69, 9.17) is 0 Å². The minimum atomic E-state index is -0.0973. The van der Waals surface area contributed by atoms with Crippen molar-refractivity contribution in [2.24, 2.45) is 5.92 Å². The van der Waals surface area contributed by atoms with E-state index in [0.717, 1.165) is 50.1 Å². The molecular formula is C21H32N4O. The average Bonchev–Trinajstić information content (AvgIpc) is 2.98. The van der Waals surface area contributed by atoms with Gasteiger partial charge in [-0.1, -0.05) is 20.8 Å². The summed E-state index contributed by atoms with van der Waals surface area (Å²) in [4.78, 5) is 14.8. The number of aromatic nitrogens is 1. The largest absolute Gasteiger partial charge is 0.347 e. The molecule has 1 fully saturated rings. The van der Waals surface area contributed by atoms with Gasteiger partial charge in [-0.15, -0.1) is 0 Å². The zero-order chi connectivity index (χ0) is 18.5. The number of hydrogen-bond donors (Lipinski definition) is 2. The Hall–Kier alpha value is -2.01. The summed E-state index contributed by atoms with van der Waals surface area (Å²) in [5.41, 5.74) is 2.06. The molecule has 1 aromatic heterocycles. The molecule has 0 unspecified atom stereocenters. The zero-order valence-corrected chi connectivity index (χ0v) is 16.3. The summed E-state index contributed by atoms with van der Waals surface area (Å²) in [5, 5.41) is 7.29. The smallest absolute Gasteiger partial charge is 0.319 e. The van der Waals surface area contributed by atoms with E-state index in [2.05, 4.69) is 65.3 Å². The number of nitrogens with zero attached hydrogens (tertiary/aromatic N) is 2. The first-order chi connectivity index (χ1) is 12.5. The van der Waals surface area contributed by atoms with Crippen molar-refractivity contribution in [3.05, 3.63) is 30.5 Å². The lowest BCUT2D eigenvalue weighted by Gasteiger charge is -2.32. The second-order valence-electron chi connectivity index (χ2n) is 7.85. The molecule has 26 heavy (non-hydrogen) atoms. The van der Waals surface area contributed by atoms with E-state index in [-0.39, 0.29) is 12.1 Å². The predicted octanol–water partition coefficient (Wildman–Crippen LogP) is 4.29. The van der Waals surface area contributed by atoms with E-state index in [1.54, 1.807) is 0 Å². The van der Waals surface area contributed by atoms with Gasteiger partial charge in [0.2, 0.25) is 0 Å². The van der Waals surface area contributed by atoms with E-state index in [0.29, 0.717) is 5.92 Å². The molecule has 0 atom stereocenters. The lowest BCUT2D eigenvalue weighted by Crippen LogP contribution is -2.46. The quantitative estimate of drug-likeness (QED) is 0.811. The molecular weight excluding hydrogens is 324 g/mol. The third kappa shape index (κ3) is 4.79. The lowest BCUT2D eigenvalue weighted by atomic mass is 10.1. The Bertz CT molecular complexity index is 729. The zero-order valence-electron chi connectivity index (χ0n) is 16.3. The van der Waals surface area contributed by atoms with Crippen molar-refractivity contribution in [2.45, 2.75) is 52.6 Å². The van der Waals surface area contributed by atoms with Gasteiger partial charge < -0.3 is 20.1 Å². The van der Waals surface area contributed by atoms with E-state index < -0.39 is 0 Å². The first kappa shape index (κ1) is 18.8. The van der Waals surface area contributed by atoms with Crippen LogP contribution in [0.1, 0.15) is 40.0 Å². The third-order valence-electron chi connectivity index (χ3n) is 5.05. The number of anilines is 1. The van der Waals surface area contributed by atoms with Crippen molar-refractivity contribution in [3.8, 4) is 0 Å². The van der Waals surface area contributed by atoms with Gasteiger partial charge in [0.05, 0.1) is 0 Å². The number of piperidine rings is 1. The number of hydrogen-bond acceptors (Lipinski definition) is 2. The molecule has 142 valence electrons. The minimum absolute atomic E-state index is 0.0973. The van der Waals surface area contributed by atoms with Gasteiger partial charge in [0.1, 0.15) is 0 Å². The number of likely N-dealkylation sites (tertiary alicyclic amines) is 1. The highest BCUT2D eigenvalue weighted by Gasteiger charge is 2.20. The maximum Gasteiger partial charge on any atom is 0.319 e. The number of fused-ring (bicyclic) bond motifs is 1. The van der Waals surface area contributed by atoms with Crippen LogP contribution in [0.4, 0.5) is 10.5 Å². The Balaban J connectivity index is 1.54. The molecule has 2 heterocycles. The van der Waals surface area contributed by atoms with E-state index >= 15 is 0 Å². The fourth-order valence-corrected chi connectivity index (χ4v) is 3.80. The topological polar surface area (TPSA) is 49.3 Å². The number of nitrogens with one attached hydrogen (secondary N) is 2. The number of benzene rings is 1. The Morgan fingerprint density at radius 2 is 2.00 bits per heavy atom. The fraction of sp³-hybridized carbons (Fsp3) is 0.571. The monoisotopic (exact) mass is 356 g/mol. The molecule has 5 heteroatoms. The highest BCUT2D eigenvalue weighted by atomic mass is 16.2. The Morgan fingerprint density at radius 3 is 2.69 bits per heavy atom. The summed E-state index contributed by atoms with van der Waals surface area (Å²) in [6.45, 7) is 11.0. The Kier molecular flexibility index (Phi) is 6.20. The number of rotatable bonds is 6. The SMILES string of the molecule is CCCN1CCC(NC(=O)Nc2ccc3c(ccn3CC(C)C)c2)CC1. The van der Waals surface area contributed by atoms with Crippen molar-refractivity contribution in [1.29, 1.82) is 0 Å².